The standard InChI is InChI=1S/C13H28O6S2/c1-5-7-8-12(6-2)9-13(10-18-20(3,14)15)11-19-21(4,16)17/h12-13H,5-11H2,1-4H3. The molecular formula is C13H28O6S2. The van der Waals surface area contributed by atoms with Crippen LogP contribution >= 0.6 is 0 Å². The van der Waals surface area contributed by atoms with Crippen molar-refractivity contribution in [2.45, 2.75) is 46.0 Å². The average Bonchev–Trinajstić information content (AvgIpc) is 2.34. The van der Waals surface area contributed by atoms with Crippen LogP contribution in [0, 0.1) is 11.8 Å². The minimum Gasteiger partial charge on any atom is -0.270 e. The van der Waals surface area contributed by atoms with Gasteiger partial charge in [-0.05, 0) is 12.3 Å². The van der Waals surface area contributed by atoms with E-state index in [2.05, 4.69) is 13.8 Å². The third-order valence-electron chi connectivity index (χ3n) is 3.25. The molecule has 0 bridgehead atoms. The first-order chi connectivity index (χ1) is 9.57. The Bertz CT molecular complexity index is 433. The maximum atomic E-state index is 11.1. The quantitative estimate of drug-likeness (QED) is 0.504. The molecule has 0 fully saturated rings. The molecule has 0 radical (unpaired) electrons. The highest BCUT2D eigenvalue weighted by Gasteiger charge is 2.19. The molecule has 1 unspecified atom stereocenters. The lowest BCUT2D eigenvalue weighted by Crippen LogP contribution is -2.23. The number of hydrogen-bond acceptors (Lipinski definition) is 6. The second-order valence-electron chi connectivity index (χ2n) is 5.50. The van der Waals surface area contributed by atoms with Gasteiger partial charge in [0.2, 0.25) is 0 Å². The summed E-state index contributed by atoms with van der Waals surface area (Å²) < 4.78 is 53.9. The highest BCUT2D eigenvalue weighted by Crippen LogP contribution is 2.23. The van der Waals surface area contributed by atoms with Crippen molar-refractivity contribution in [2.75, 3.05) is 25.7 Å². The van der Waals surface area contributed by atoms with Crippen LogP contribution in [-0.2, 0) is 28.6 Å². The lowest BCUT2D eigenvalue weighted by Gasteiger charge is -2.22. The molecule has 0 amide bonds. The fraction of sp³-hybridized carbons (Fsp3) is 1.00. The van der Waals surface area contributed by atoms with Gasteiger partial charge in [0.25, 0.3) is 20.2 Å². The third-order valence-corrected chi connectivity index (χ3v) is 4.37. The van der Waals surface area contributed by atoms with E-state index in [-0.39, 0.29) is 19.1 Å². The van der Waals surface area contributed by atoms with Crippen LogP contribution in [0.15, 0.2) is 0 Å². The SMILES string of the molecule is CCCCC(CC)CC(COS(C)(=O)=O)COS(C)(=O)=O. The van der Waals surface area contributed by atoms with Gasteiger partial charge in [-0.2, -0.15) is 16.8 Å². The number of rotatable bonds is 12. The van der Waals surface area contributed by atoms with Crippen LogP contribution in [0.1, 0.15) is 46.0 Å². The molecule has 8 heteroatoms. The van der Waals surface area contributed by atoms with Crippen LogP contribution < -0.4 is 0 Å². The minimum absolute atomic E-state index is 0.0447. The zero-order chi connectivity index (χ0) is 16.5. The highest BCUT2D eigenvalue weighted by molar-refractivity contribution is 7.86. The molecule has 0 aliphatic heterocycles. The first-order valence-corrected chi connectivity index (χ1v) is 10.9. The van der Waals surface area contributed by atoms with Crippen molar-refractivity contribution in [3.8, 4) is 0 Å². The van der Waals surface area contributed by atoms with Gasteiger partial charge in [-0.1, -0.05) is 39.5 Å². The summed E-state index contributed by atoms with van der Waals surface area (Å²) in [4.78, 5) is 0. The van der Waals surface area contributed by atoms with Gasteiger partial charge in [0.1, 0.15) is 0 Å². The Balaban J connectivity index is 4.60. The van der Waals surface area contributed by atoms with Gasteiger partial charge in [0.15, 0.2) is 0 Å². The Morgan fingerprint density at radius 2 is 1.33 bits per heavy atom. The highest BCUT2D eigenvalue weighted by atomic mass is 32.2. The summed E-state index contributed by atoms with van der Waals surface area (Å²) in [7, 11) is -7.07. The van der Waals surface area contributed by atoms with E-state index < -0.39 is 20.2 Å². The van der Waals surface area contributed by atoms with Crippen molar-refractivity contribution in [3.63, 3.8) is 0 Å². The Labute approximate surface area is 129 Å². The topological polar surface area (TPSA) is 86.7 Å². The van der Waals surface area contributed by atoms with Crippen LogP contribution in [0.5, 0.6) is 0 Å². The largest absolute Gasteiger partial charge is 0.270 e. The minimum atomic E-state index is -3.54. The van der Waals surface area contributed by atoms with Gasteiger partial charge in [-0.25, -0.2) is 0 Å². The predicted molar refractivity (Wildman–Crippen MR) is 83.0 cm³/mol. The molecule has 0 aromatic heterocycles. The second kappa shape index (κ2) is 9.76. The monoisotopic (exact) mass is 344 g/mol. The van der Waals surface area contributed by atoms with Crippen molar-refractivity contribution in [2.24, 2.45) is 11.8 Å². The lowest BCUT2D eigenvalue weighted by molar-refractivity contribution is 0.158. The molecule has 6 nitrogen and oxygen atoms in total. The summed E-state index contributed by atoms with van der Waals surface area (Å²) in [5, 5.41) is 0. The van der Waals surface area contributed by atoms with E-state index in [1.165, 1.54) is 0 Å². The molecule has 0 aliphatic rings. The van der Waals surface area contributed by atoms with E-state index in [0.717, 1.165) is 38.2 Å². The maximum absolute atomic E-state index is 11.1. The van der Waals surface area contributed by atoms with Crippen LogP contribution in [0.4, 0.5) is 0 Å². The fourth-order valence-corrected chi connectivity index (χ4v) is 2.96. The molecule has 0 aromatic carbocycles. The van der Waals surface area contributed by atoms with Crippen molar-refractivity contribution >= 4 is 20.2 Å². The van der Waals surface area contributed by atoms with Gasteiger partial charge < -0.3 is 0 Å². The molecule has 21 heavy (non-hydrogen) atoms. The molecule has 0 saturated heterocycles. The van der Waals surface area contributed by atoms with Crippen molar-refractivity contribution in [1.29, 1.82) is 0 Å². The van der Waals surface area contributed by atoms with Gasteiger partial charge in [0.05, 0.1) is 25.7 Å². The van der Waals surface area contributed by atoms with Crippen molar-refractivity contribution in [1.82, 2.24) is 0 Å². The molecule has 0 heterocycles. The average molecular weight is 344 g/mol. The summed E-state index contributed by atoms with van der Waals surface area (Å²) >= 11 is 0. The third kappa shape index (κ3) is 13.2. The maximum Gasteiger partial charge on any atom is 0.264 e. The van der Waals surface area contributed by atoms with Gasteiger partial charge in [-0.15, -0.1) is 0 Å². The zero-order valence-electron chi connectivity index (χ0n) is 13.4. The van der Waals surface area contributed by atoms with Crippen molar-refractivity contribution < 1.29 is 25.2 Å². The Kier molecular flexibility index (Phi) is 9.68. The molecule has 0 aromatic rings. The summed E-state index contributed by atoms with van der Waals surface area (Å²) in [6.45, 7) is 4.10. The van der Waals surface area contributed by atoms with E-state index in [4.69, 9.17) is 8.37 Å². The van der Waals surface area contributed by atoms with Crippen LogP contribution in [0.25, 0.3) is 0 Å². The molecule has 128 valence electrons. The van der Waals surface area contributed by atoms with Crippen LogP contribution in [0.3, 0.4) is 0 Å². The smallest absolute Gasteiger partial charge is 0.264 e. The Hall–Kier alpha value is -0.180. The molecule has 1 atom stereocenters. The summed E-state index contributed by atoms with van der Waals surface area (Å²) in [5.74, 6) is 0.164. The van der Waals surface area contributed by atoms with E-state index >= 15 is 0 Å². The van der Waals surface area contributed by atoms with Crippen LogP contribution in [0.2, 0.25) is 0 Å². The molecule has 0 aliphatic carbocycles. The summed E-state index contributed by atoms with van der Waals surface area (Å²) in [6, 6.07) is 0. The number of hydrogen-bond donors (Lipinski definition) is 0. The van der Waals surface area contributed by atoms with Crippen LogP contribution in [-0.4, -0.2) is 42.6 Å². The van der Waals surface area contributed by atoms with Gasteiger partial charge >= 0.3 is 0 Å². The van der Waals surface area contributed by atoms with Gasteiger partial charge in [0, 0.05) is 5.92 Å². The lowest BCUT2D eigenvalue weighted by atomic mass is 9.89. The summed E-state index contributed by atoms with van der Waals surface area (Å²) in [5.41, 5.74) is 0. The van der Waals surface area contributed by atoms with E-state index in [1.54, 1.807) is 0 Å². The van der Waals surface area contributed by atoms with E-state index in [1.807, 2.05) is 0 Å². The molecule has 0 N–H and O–H groups in total. The van der Waals surface area contributed by atoms with E-state index in [0.29, 0.717) is 12.3 Å². The second-order valence-corrected chi connectivity index (χ2v) is 8.78. The summed E-state index contributed by atoms with van der Waals surface area (Å²) in [6.07, 6.45) is 6.87. The van der Waals surface area contributed by atoms with E-state index in [9.17, 15) is 16.8 Å². The van der Waals surface area contributed by atoms with Gasteiger partial charge in [-0.3, -0.25) is 8.37 Å². The molecule has 0 rings (SSSR count). The first-order valence-electron chi connectivity index (χ1n) is 7.26. The first kappa shape index (κ1) is 20.8. The number of unbranched alkanes of at least 4 members (excludes halogenated alkanes) is 1. The molecule has 0 spiro atoms. The zero-order valence-corrected chi connectivity index (χ0v) is 15.0. The Morgan fingerprint density at radius 3 is 1.67 bits per heavy atom. The molecular weight excluding hydrogens is 316 g/mol. The predicted octanol–water partition coefficient (Wildman–Crippen LogP) is 2.16. The molecule has 0 saturated carbocycles. The Morgan fingerprint density at radius 1 is 0.857 bits per heavy atom. The van der Waals surface area contributed by atoms with Crippen molar-refractivity contribution in [3.05, 3.63) is 0 Å². The fourth-order valence-electron chi connectivity index (χ4n) is 2.08. The normalized spacial score (nSPS) is 14.5.